The molecule has 0 aliphatic carbocycles. The summed E-state index contributed by atoms with van der Waals surface area (Å²) in [6, 6.07) is 0. The zero-order chi connectivity index (χ0) is 11.4. The van der Waals surface area contributed by atoms with E-state index in [9.17, 15) is 9.90 Å². The highest BCUT2D eigenvalue weighted by molar-refractivity contribution is 5.69. The van der Waals surface area contributed by atoms with Crippen LogP contribution >= 0.6 is 0 Å². The lowest BCUT2D eigenvalue weighted by molar-refractivity contribution is -0.143. The summed E-state index contributed by atoms with van der Waals surface area (Å²) in [7, 11) is 0. The second-order valence-corrected chi connectivity index (χ2v) is 3.80. The highest BCUT2D eigenvalue weighted by Gasteiger charge is 2.01. The summed E-state index contributed by atoms with van der Waals surface area (Å²) in [6.45, 7) is 2.64. The second kappa shape index (κ2) is 11.5. The highest BCUT2D eigenvalue weighted by Crippen LogP contribution is 2.03. The van der Waals surface area contributed by atoms with Crippen LogP contribution in [-0.4, -0.2) is 19.2 Å². The Hall–Kier alpha value is -0.570. The summed E-state index contributed by atoms with van der Waals surface area (Å²) in [4.78, 5) is 11.1. The molecule has 0 rings (SSSR count). The molecule has 0 aliphatic rings. The van der Waals surface area contributed by atoms with Gasteiger partial charge in [-0.2, -0.15) is 0 Å². The minimum absolute atomic E-state index is 0.0107. The van der Waals surface area contributed by atoms with Crippen LogP contribution in [0.25, 0.3) is 0 Å². The number of ether oxygens (including phenoxy) is 1. The first kappa shape index (κ1) is 14.4. The van der Waals surface area contributed by atoms with E-state index in [1.807, 2.05) is 0 Å². The van der Waals surface area contributed by atoms with E-state index in [1.54, 1.807) is 0 Å². The van der Waals surface area contributed by atoms with Crippen LogP contribution in [0, 0.1) is 0 Å². The van der Waals surface area contributed by atoms with Crippen LogP contribution in [0.5, 0.6) is 0 Å². The number of hydrogen-bond acceptors (Lipinski definition) is 2. The van der Waals surface area contributed by atoms with Crippen molar-refractivity contribution in [1.82, 2.24) is 0 Å². The third-order valence-electron chi connectivity index (χ3n) is 2.29. The molecular formula is C12H23O3. The van der Waals surface area contributed by atoms with Gasteiger partial charge >= 0.3 is 5.97 Å². The molecule has 3 nitrogen and oxygen atoms in total. The van der Waals surface area contributed by atoms with Crippen LogP contribution in [0.4, 0.5) is 0 Å². The fraction of sp³-hybridized carbons (Fsp3) is 0.917. The van der Waals surface area contributed by atoms with Crippen molar-refractivity contribution in [2.75, 3.05) is 13.2 Å². The maximum Gasteiger partial charge on any atom is 0.305 e. The molecule has 0 atom stereocenters. The molecule has 15 heavy (non-hydrogen) atoms. The van der Waals surface area contributed by atoms with Crippen molar-refractivity contribution in [2.24, 2.45) is 0 Å². The molecule has 0 saturated heterocycles. The monoisotopic (exact) mass is 215 g/mol. The van der Waals surface area contributed by atoms with Gasteiger partial charge in [-0.15, -0.1) is 0 Å². The van der Waals surface area contributed by atoms with Gasteiger partial charge in [0.15, 0.2) is 0 Å². The Morgan fingerprint density at radius 1 is 1.00 bits per heavy atom. The summed E-state index contributed by atoms with van der Waals surface area (Å²) in [5.41, 5.74) is 0. The molecule has 0 amide bonds. The number of carbonyl (C=O) groups excluding carboxylic acids is 1. The summed E-state index contributed by atoms with van der Waals surface area (Å²) in [6.07, 6.45) is 7.28. The lowest BCUT2D eigenvalue weighted by Crippen LogP contribution is -2.05. The molecule has 0 bridgehead atoms. The minimum atomic E-state index is -0.0766. The van der Waals surface area contributed by atoms with Gasteiger partial charge in [0.05, 0.1) is 13.2 Å². The maximum absolute atomic E-state index is 11.1. The Morgan fingerprint density at radius 3 is 2.40 bits per heavy atom. The van der Waals surface area contributed by atoms with Gasteiger partial charge in [0.25, 0.3) is 0 Å². The van der Waals surface area contributed by atoms with Crippen LogP contribution in [0.3, 0.4) is 0 Å². The Bertz CT molecular complexity index is 146. The standard InChI is InChI=1S/C12H23O3/c1-2-3-6-9-12(14)15-11-8-5-4-7-10-13/h2-11H2,1H3. The number of carbonyl (C=O) groups is 1. The molecule has 1 radical (unpaired) electrons. The van der Waals surface area contributed by atoms with E-state index >= 15 is 0 Å². The molecule has 0 unspecified atom stereocenters. The van der Waals surface area contributed by atoms with E-state index in [-0.39, 0.29) is 12.6 Å². The average Bonchev–Trinajstić information content (AvgIpc) is 2.23. The molecule has 0 aromatic rings. The maximum atomic E-state index is 11.1. The van der Waals surface area contributed by atoms with E-state index in [0.717, 1.165) is 44.9 Å². The van der Waals surface area contributed by atoms with E-state index in [1.165, 1.54) is 0 Å². The third-order valence-corrected chi connectivity index (χ3v) is 2.29. The van der Waals surface area contributed by atoms with Crippen molar-refractivity contribution in [2.45, 2.75) is 58.3 Å². The lowest BCUT2D eigenvalue weighted by atomic mass is 10.2. The molecule has 0 spiro atoms. The van der Waals surface area contributed by atoms with Gasteiger partial charge in [-0.25, -0.2) is 5.11 Å². The first-order valence-corrected chi connectivity index (χ1v) is 6.05. The van der Waals surface area contributed by atoms with Crippen molar-refractivity contribution in [3.63, 3.8) is 0 Å². The van der Waals surface area contributed by atoms with E-state index < -0.39 is 0 Å². The molecule has 89 valence electrons. The van der Waals surface area contributed by atoms with Gasteiger partial charge < -0.3 is 4.74 Å². The molecule has 0 N–H and O–H groups in total. The number of hydrogen-bond donors (Lipinski definition) is 0. The Balaban J connectivity index is 3.10. The fourth-order valence-electron chi connectivity index (χ4n) is 1.34. The van der Waals surface area contributed by atoms with Crippen molar-refractivity contribution in [3.8, 4) is 0 Å². The Labute approximate surface area is 92.8 Å². The lowest BCUT2D eigenvalue weighted by Gasteiger charge is -2.03. The molecule has 0 heterocycles. The predicted molar refractivity (Wildman–Crippen MR) is 59.1 cm³/mol. The molecular weight excluding hydrogens is 192 g/mol. The number of esters is 1. The topological polar surface area (TPSA) is 46.2 Å². The third kappa shape index (κ3) is 11.4. The summed E-state index contributed by atoms with van der Waals surface area (Å²) in [5.74, 6) is -0.0766. The van der Waals surface area contributed by atoms with Crippen LogP contribution in [-0.2, 0) is 14.6 Å². The fourth-order valence-corrected chi connectivity index (χ4v) is 1.34. The molecule has 0 fully saturated rings. The van der Waals surface area contributed by atoms with Crippen LogP contribution in [0.1, 0.15) is 58.3 Å². The highest BCUT2D eigenvalue weighted by atomic mass is 16.5. The van der Waals surface area contributed by atoms with Gasteiger partial charge in [-0.05, 0) is 25.7 Å². The van der Waals surface area contributed by atoms with E-state index in [0.29, 0.717) is 13.0 Å². The molecule has 0 aromatic carbocycles. The van der Waals surface area contributed by atoms with Crippen molar-refractivity contribution < 1.29 is 14.6 Å². The zero-order valence-electron chi connectivity index (χ0n) is 9.80. The second-order valence-electron chi connectivity index (χ2n) is 3.80. The van der Waals surface area contributed by atoms with Gasteiger partial charge in [-0.3, -0.25) is 4.79 Å². The minimum Gasteiger partial charge on any atom is -0.466 e. The first-order chi connectivity index (χ1) is 7.31. The quantitative estimate of drug-likeness (QED) is 0.415. The van der Waals surface area contributed by atoms with E-state index in [4.69, 9.17) is 4.74 Å². The number of unbranched alkanes of at least 4 members (excludes halogenated alkanes) is 5. The molecule has 3 heteroatoms. The van der Waals surface area contributed by atoms with Gasteiger partial charge in [0, 0.05) is 6.42 Å². The SMILES string of the molecule is CCCCCC(=O)OCCCCCC[O]. The van der Waals surface area contributed by atoms with Crippen molar-refractivity contribution >= 4 is 5.97 Å². The van der Waals surface area contributed by atoms with Gasteiger partial charge in [0.1, 0.15) is 0 Å². The van der Waals surface area contributed by atoms with Gasteiger partial charge in [0.2, 0.25) is 0 Å². The predicted octanol–water partition coefficient (Wildman–Crippen LogP) is 3.10. The average molecular weight is 215 g/mol. The summed E-state index contributed by atoms with van der Waals surface area (Å²) in [5, 5.41) is 10.1. The molecule has 0 aromatic heterocycles. The van der Waals surface area contributed by atoms with Crippen molar-refractivity contribution in [3.05, 3.63) is 0 Å². The van der Waals surface area contributed by atoms with Crippen LogP contribution < -0.4 is 0 Å². The normalized spacial score (nSPS) is 10.3. The summed E-state index contributed by atoms with van der Waals surface area (Å²) >= 11 is 0. The first-order valence-electron chi connectivity index (χ1n) is 6.05. The Morgan fingerprint density at radius 2 is 1.73 bits per heavy atom. The smallest absolute Gasteiger partial charge is 0.305 e. The molecule has 0 aliphatic heterocycles. The largest absolute Gasteiger partial charge is 0.466 e. The number of rotatable bonds is 10. The Kier molecular flexibility index (Phi) is 11.1. The van der Waals surface area contributed by atoms with Crippen LogP contribution in [0.15, 0.2) is 0 Å². The van der Waals surface area contributed by atoms with Crippen molar-refractivity contribution in [1.29, 1.82) is 0 Å². The van der Waals surface area contributed by atoms with Crippen LogP contribution in [0.2, 0.25) is 0 Å². The summed E-state index contributed by atoms with van der Waals surface area (Å²) < 4.78 is 5.05. The zero-order valence-corrected chi connectivity index (χ0v) is 9.80. The van der Waals surface area contributed by atoms with Gasteiger partial charge in [-0.1, -0.05) is 26.2 Å². The van der Waals surface area contributed by atoms with E-state index in [2.05, 4.69) is 6.92 Å². The molecule has 0 saturated carbocycles.